The molecule has 0 bridgehead atoms. The molecule has 0 aliphatic heterocycles. The summed E-state index contributed by atoms with van der Waals surface area (Å²) in [5.74, 6) is -0.0941. The van der Waals surface area contributed by atoms with E-state index in [-0.39, 0.29) is 5.91 Å². The Bertz CT molecular complexity index is 318. The molecule has 1 heterocycles. The van der Waals surface area contributed by atoms with Gasteiger partial charge in [-0.2, -0.15) is 0 Å². The first kappa shape index (κ1) is 10.4. The molecule has 1 rings (SSSR count). The molecule has 0 radical (unpaired) electrons. The van der Waals surface area contributed by atoms with Crippen LogP contribution in [0, 0.1) is 10.8 Å². The number of hydrogen-bond donors (Lipinski definition) is 0. The smallest absolute Gasteiger partial charge is 0.272 e. The van der Waals surface area contributed by atoms with E-state index in [9.17, 15) is 4.79 Å². The highest BCUT2D eigenvalue weighted by Crippen LogP contribution is 2.04. The van der Waals surface area contributed by atoms with E-state index in [1.807, 2.05) is 29.5 Å². The summed E-state index contributed by atoms with van der Waals surface area (Å²) in [5, 5.41) is 0. The fourth-order valence-corrected chi connectivity index (χ4v) is 1.51. The van der Waals surface area contributed by atoms with Crippen molar-refractivity contribution in [3.63, 3.8) is 0 Å². The van der Waals surface area contributed by atoms with Gasteiger partial charge in [0.1, 0.15) is 5.69 Å². The van der Waals surface area contributed by atoms with Gasteiger partial charge >= 0.3 is 0 Å². The number of aryl methyl sites for hydroxylation is 1. The van der Waals surface area contributed by atoms with E-state index in [1.165, 1.54) is 4.90 Å². The van der Waals surface area contributed by atoms with Gasteiger partial charge in [0.25, 0.3) is 5.91 Å². The number of nitrogens with zero attached hydrogens (tertiary/aromatic N) is 3. The summed E-state index contributed by atoms with van der Waals surface area (Å²) >= 11 is 1.99. The van der Waals surface area contributed by atoms with Crippen LogP contribution in [0.4, 0.5) is 0 Å². The maximum Gasteiger partial charge on any atom is 0.272 e. The number of carbonyl (C=O) groups is 1. The van der Waals surface area contributed by atoms with Crippen molar-refractivity contribution in [3.05, 3.63) is 21.3 Å². The van der Waals surface area contributed by atoms with Crippen molar-refractivity contribution in [3.8, 4) is 0 Å². The van der Waals surface area contributed by atoms with Crippen molar-refractivity contribution < 1.29 is 4.79 Å². The fraction of sp³-hybridized carbons (Fsp3) is 0.375. The Kier molecular flexibility index (Phi) is 3.18. The van der Waals surface area contributed by atoms with E-state index in [0.29, 0.717) is 9.53 Å². The van der Waals surface area contributed by atoms with Crippen molar-refractivity contribution in [2.45, 2.75) is 6.92 Å². The van der Waals surface area contributed by atoms with Crippen molar-refractivity contribution in [1.29, 1.82) is 0 Å². The van der Waals surface area contributed by atoms with E-state index in [2.05, 4.69) is 9.97 Å². The van der Waals surface area contributed by atoms with Gasteiger partial charge in [0, 0.05) is 42.4 Å². The Morgan fingerprint density at radius 1 is 1.46 bits per heavy atom. The average molecular weight is 291 g/mol. The lowest BCUT2D eigenvalue weighted by molar-refractivity contribution is 0.0821. The third-order valence-electron chi connectivity index (χ3n) is 1.45. The lowest BCUT2D eigenvalue weighted by atomic mass is 10.3. The van der Waals surface area contributed by atoms with Crippen LogP contribution in [0.25, 0.3) is 0 Å². The molecule has 70 valence electrons. The Morgan fingerprint density at radius 2 is 2.08 bits per heavy atom. The third kappa shape index (κ3) is 2.61. The Balaban J connectivity index is 3.08. The molecular formula is C8H10IN3O. The zero-order valence-corrected chi connectivity index (χ0v) is 9.86. The Morgan fingerprint density at radius 3 is 2.54 bits per heavy atom. The molecule has 13 heavy (non-hydrogen) atoms. The van der Waals surface area contributed by atoms with Crippen LogP contribution in [-0.2, 0) is 0 Å². The largest absolute Gasteiger partial charge is 0.343 e. The van der Waals surface area contributed by atoms with Crippen LogP contribution in [0.15, 0.2) is 6.07 Å². The van der Waals surface area contributed by atoms with Crippen LogP contribution in [0.1, 0.15) is 16.2 Å². The van der Waals surface area contributed by atoms with Gasteiger partial charge < -0.3 is 4.90 Å². The Labute approximate surface area is 90.5 Å². The molecule has 0 fully saturated rings. The van der Waals surface area contributed by atoms with Crippen LogP contribution < -0.4 is 0 Å². The number of amides is 1. The predicted molar refractivity (Wildman–Crippen MR) is 57.5 cm³/mol. The number of rotatable bonds is 1. The Hall–Kier alpha value is -0.720. The maximum absolute atomic E-state index is 11.5. The molecule has 0 aliphatic rings. The second-order valence-electron chi connectivity index (χ2n) is 2.86. The highest BCUT2D eigenvalue weighted by Gasteiger charge is 2.10. The fourth-order valence-electron chi connectivity index (χ4n) is 0.871. The minimum atomic E-state index is -0.0941. The first-order valence-electron chi connectivity index (χ1n) is 3.73. The first-order chi connectivity index (χ1) is 6.00. The van der Waals surface area contributed by atoms with E-state index in [0.717, 1.165) is 5.69 Å². The molecule has 0 atom stereocenters. The molecule has 4 nitrogen and oxygen atoms in total. The molecule has 1 aromatic rings. The van der Waals surface area contributed by atoms with Crippen LogP contribution in [-0.4, -0.2) is 34.9 Å². The maximum atomic E-state index is 11.5. The summed E-state index contributed by atoms with van der Waals surface area (Å²) in [5.41, 5.74) is 1.26. The van der Waals surface area contributed by atoms with Crippen molar-refractivity contribution in [2.24, 2.45) is 0 Å². The van der Waals surface area contributed by atoms with Crippen LogP contribution >= 0.6 is 22.6 Å². The summed E-state index contributed by atoms with van der Waals surface area (Å²) in [4.78, 5) is 21.1. The number of halogens is 1. The minimum absolute atomic E-state index is 0.0941. The quantitative estimate of drug-likeness (QED) is 0.575. The molecule has 1 amide bonds. The second-order valence-corrected chi connectivity index (χ2v) is 3.83. The highest BCUT2D eigenvalue weighted by molar-refractivity contribution is 14.1. The average Bonchev–Trinajstić information content (AvgIpc) is 2.01. The summed E-state index contributed by atoms with van der Waals surface area (Å²) in [7, 11) is 3.40. The minimum Gasteiger partial charge on any atom is -0.343 e. The van der Waals surface area contributed by atoms with Crippen molar-refractivity contribution >= 4 is 28.5 Å². The summed E-state index contributed by atoms with van der Waals surface area (Å²) in [6.45, 7) is 1.84. The summed E-state index contributed by atoms with van der Waals surface area (Å²) in [6, 6.07) is 1.69. The molecule has 1 aromatic heterocycles. The predicted octanol–water partition coefficient (Wildman–Crippen LogP) is 1.09. The van der Waals surface area contributed by atoms with Gasteiger partial charge in [0.2, 0.25) is 0 Å². The van der Waals surface area contributed by atoms with E-state index < -0.39 is 0 Å². The normalized spacial score (nSPS) is 9.85. The van der Waals surface area contributed by atoms with Gasteiger partial charge in [-0.15, -0.1) is 0 Å². The number of carbonyl (C=O) groups excluding carboxylic acids is 1. The van der Waals surface area contributed by atoms with Crippen LogP contribution in [0.3, 0.4) is 0 Å². The monoisotopic (exact) mass is 291 g/mol. The van der Waals surface area contributed by atoms with Gasteiger partial charge in [-0.3, -0.25) is 4.79 Å². The van der Waals surface area contributed by atoms with Crippen molar-refractivity contribution in [1.82, 2.24) is 14.9 Å². The lowest BCUT2D eigenvalue weighted by Crippen LogP contribution is -2.23. The zero-order chi connectivity index (χ0) is 10.0. The molecule has 0 N–H and O–H groups in total. The molecule has 0 unspecified atom stereocenters. The van der Waals surface area contributed by atoms with Gasteiger partial charge in [0.05, 0.1) is 0 Å². The molecule has 0 spiro atoms. The van der Waals surface area contributed by atoms with Gasteiger partial charge in [-0.25, -0.2) is 9.97 Å². The molecule has 0 aromatic carbocycles. The molecule has 0 saturated carbocycles. The van der Waals surface area contributed by atoms with Gasteiger partial charge in [-0.05, 0) is 13.0 Å². The van der Waals surface area contributed by atoms with E-state index in [4.69, 9.17) is 0 Å². The third-order valence-corrected chi connectivity index (χ3v) is 1.93. The molecule has 0 aliphatic carbocycles. The summed E-state index contributed by atoms with van der Waals surface area (Å²) in [6.07, 6.45) is 0. The summed E-state index contributed by atoms with van der Waals surface area (Å²) < 4.78 is 0.600. The number of aromatic nitrogens is 2. The molecular weight excluding hydrogens is 281 g/mol. The zero-order valence-electron chi connectivity index (χ0n) is 7.71. The van der Waals surface area contributed by atoms with Gasteiger partial charge in [0.15, 0.2) is 3.83 Å². The SMILES string of the molecule is Cc1cc(C(=O)N(C)C)nc(I)n1. The van der Waals surface area contributed by atoms with Crippen LogP contribution in [0.2, 0.25) is 0 Å². The van der Waals surface area contributed by atoms with Crippen LogP contribution in [0.5, 0.6) is 0 Å². The lowest BCUT2D eigenvalue weighted by Gasteiger charge is -2.09. The van der Waals surface area contributed by atoms with E-state index in [1.54, 1.807) is 20.2 Å². The molecule has 0 saturated heterocycles. The second kappa shape index (κ2) is 3.99. The first-order valence-corrected chi connectivity index (χ1v) is 4.81. The van der Waals surface area contributed by atoms with Gasteiger partial charge in [-0.1, -0.05) is 0 Å². The standard InChI is InChI=1S/C8H10IN3O/c1-5-4-6(7(13)12(2)3)11-8(9)10-5/h4H,1-3H3. The van der Waals surface area contributed by atoms with E-state index >= 15 is 0 Å². The topological polar surface area (TPSA) is 46.1 Å². The van der Waals surface area contributed by atoms with Crippen molar-refractivity contribution in [2.75, 3.05) is 14.1 Å². The number of hydrogen-bond acceptors (Lipinski definition) is 3. The highest BCUT2D eigenvalue weighted by atomic mass is 127. The molecule has 5 heteroatoms.